The molecule has 0 fully saturated rings. The number of benzene rings is 7. The average Bonchev–Trinajstić information content (AvgIpc) is 3.84. The molecule has 4 aromatic heterocycles. The summed E-state index contributed by atoms with van der Waals surface area (Å²) in [5.74, 6) is 0. The zero-order chi connectivity index (χ0) is 37.7. The molecule has 0 aliphatic rings. The fraction of sp³-hybridized carbons (Fsp3) is 0. The Hall–Kier alpha value is -7.76. The summed E-state index contributed by atoms with van der Waals surface area (Å²) < 4.78 is 12.6. The van der Waals surface area contributed by atoms with E-state index in [2.05, 4.69) is 175 Å². The first-order valence-electron chi connectivity index (χ1n) is 19.0. The highest BCUT2D eigenvalue weighted by atomic mass is 16.3. The third-order valence-electron chi connectivity index (χ3n) is 10.7. The minimum absolute atomic E-state index is 0.769. The number of hydrogen-bond acceptors (Lipinski definition) is 5. The lowest BCUT2D eigenvalue weighted by atomic mass is 10.0. The highest BCUT2D eigenvalue weighted by Gasteiger charge is 2.17. The van der Waals surface area contributed by atoms with Gasteiger partial charge in [0.05, 0.1) is 23.8 Å². The van der Waals surface area contributed by atoms with Gasteiger partial charge in [-0.1, -0.05) is 115 Å². The van der Waals surface area contributed by atoms with E-state index in [1.165, 1.54) is 0 Å². The Balaban J connectivity index is 0.961. The van der Waals surface area contributed by atoms with Crippen LogP contribution in [0.15, 0.2) is 209 Å². The maximum atomic E-state index is 6.31. The van der Waals surface area contributed by atoms with Crippen molar-refractivity contribution < 1.29 is 8.83 Å². The third kappa shape index (κ3) is 5.90. The van der Waals surface area contributed by atoms with Crippen molar-refractivity contribution in [2.45, 2.75) is 0 Å². The van der Waals surface area contributed by atoms with Gasteiger partial charge in [-0.2, -0.15) is 0 Å². The van der Waals surface area contributed by atoms with Crippen LogP contribution in [-0.2, 0) is 0 Å². The summed E-state index contributed by atoms with van der Waals surface area (Å²) in [5, 5.41) is 4.22. The molecule has 11 rings (SSSR count). The van der Waals surface area contributed by atoms with E-state index in [9.17, 15) is 0 Å². The van der Waals surface area contributed by atoms with Crippen LogP contribution >= 0.6 is 0 Å². The third-order valence-corrected chi connectivity index (χ3v) is 10.7. The zero-order valence-corrected chi connectivity index (χ0v) is 30.7. The molecule has 0 N–H and O–H groups in total. The molecular weight excluding hydrogens is 699 g/mol. The molecule has 7 aromatic carbocycles. The molecule has 0 atom stereocenters. The van der Waals surface area contributed by atoms with Crippen molar-refractivity contribution in [3.8, 4) is 44.8 Å². The van der Waals surface area contributed by atoms with Crippen molar-refractivity contribution in [1.29, 1.82) is 0 Å². The second-order valence-electron chi connectivity index (χ2n) is 14.3. The fourth-order valence-electron chi connectivity index (χ4n) is 7.93. The summed E-state index contributed by atoms with van der Waals surface area (Å²) in [7, 11) is 0. The van der Waals surface area contributed by atoms with E-state index in [1.807, 2.05) is 30.6 Å². The SMILES string of the molecule is c1ccc(-c2ccc3c(c2)oc2cnc(-c4cccc(N(c5ccccc5)c5cccc(-c6cc7c(cn6)oc6cc(-c8ccccc8)ccc67)c5)c4)cc23)cc1. The first-order valence-corrected chi connectivity index (χ1v) is 19.0. The zero-order valence-electron chi connectivity index (χ0n) is 30.7. The van der Waals surface area contributed by atoms with Gasteiger partial charge >= 0.3 is 0 Å². The van der Waals surface area contributed by atoms with Gasteiger partial charge < -0.3 is 13.7 Å². The van der Waals surface area contributed by atoms with Gasteiger partial charge in [0.2, 0.25) is 0 Å². The van der Waals surface area contributed by atoms with Gasteiger partial charge in [0, 0.05) is 49.7 Å². The Kier molecular flexibility index (Phi) is 7.74. The first kappa shape index (κ1) is 32.7. The van der Waals surface area contributed by atoms with Crippen LogP contribution in [0.1, 0.15) is 0 Å². The Labute approximate surface area is 328 Å². The van der Waals surface area contributed by atoms with Crippen LogP contribution in [0.2, 0.25) is 0 Å². The lowest BCUT2D eigenvalue weighted by Gasteiger charge is -2.26. The standard InChI is InChI=1S/C52H33N3O2/c1-4-12-34(13-5-1)36-22-24-43-45-30-47(53-32-51(45)56-49(43)28-36)38-16-10-20-41(26-38)55(40-18-8-3-9-19-40)42-21-11-17-39(27-42)48-31-46-44-25-23-37(35-14-6-2-7-15-35)29-50(44)57-52(46)33-54-48/h1-33H. The van der Waals surface area contributed by atoms with E-state index in [-0.39, 0.29) is 0 Å². The van der Waals surface area contributed by atoms with Gasteiger partial charge in [-0.05, 0) is 95.1 Å². The maximum absolute atomic E-state index is 6.31. The molecule has 0 amide bonds. The van der Waals surface area contributed by atoms with E-state index in [1.54, 1.807) is 0 Å². The van der Waals surface area contributed by atoms with Crippen LogP contribution in [0.25, 0.3) is 88.6 Å². The number of rotatable bonds is 7. The van der Waals surface area contributed by atoms with E-state index in [0.29, 0.717) is 0 Å². The number of aromatic nitrogens is 2. The second kappa shape index (κ2) is 13.5. The molecule has 4 heterocycles. The highest BCUT2D eigenvalue weighted by molar-refractivity contribution is 6.08. The number of para-hydroxylation sites is 1. The summed E-state index contributed by atoms with van der Waals surface area (Å²) in [6, 6.07) is 65.5. The molecular formula is C52H33N3O2. The van der Waals surface area contributed by atoms with Crippen LogP contribution in [0.4, 0.5) is 17.1 Å². The summed E-state index contributed by atoms with van der Waals surface area (Å²) in [5.41, 5.74) is 14.6. The van der Waals surface area contributed by atoms with Gasteiger partial charge in [0.1, 0.15) is 11.2 Å². The smallest absolute Gasteiger partial charge is 0.153 e. The topological polar surface area (TPSA) is 55.3 Å². The fourth-order valence-corrected chi connectivity index (χ4v) is 7.93. The van der Waals surface area contributed by atoms with E-state index in [0.717, 1.165) is 106 Å². The molecule has 5 heteroatoms. The van der Waals surface area contributed by atoms with Crippen LogP contribution in [-0.4, -0.2) is 9.97 Å². The average molecular weight is 732 g/mol. The summed E-state index contributed by atoms with van der Waals surface area (Å²) in [6.07, 6.45) is 3.68. The Morgan fingerprint density at radius 2 is 0.719 bits per heavy atom. The minimum Gasteiger partial charge on any atom is -0.454 e. The van der Waals surface area contributed by atoms with Crippen molar-refractivity contribution in [3.63, 3.8) is 0 Å². The lowest BCUT2D eigenvalue weighted by molar-refractivity contribution is 0.667. The van der Waals surface area contributed by atoms with Gasteiger partial charge in [-0.15, -0.1) is 0 Å². The molecule has 0 aliphatic heterocycles. The second-order valence-corrected chi connectivity index (χ2v) is 14.3. The summed E-state index contributed by atoms with van der Waals surface area (Å²) in [6.45, 7) is 0. The molecule has 0 aliphatic carbocycles. The Morgan fingerprint density at radius 1 is 0.298 bits per heavy atom. The van der Waals surface area contributed by atoms with Crippen LogP contribution in [0.3, 0.4) is 0 Å². The molecule has 0 unspecified atom stereocenters. The molecule has 11 aromatic rings. The van der Waals surface area contributed by atoms with Crippen molar-refractivity contribution in [2.75, 3.05) is 4.90 Å². The van der Waals surface area contributed by atoms with Crippen molar-refractivity contribution in [3.05, 3.63) is 200 Å². The molecule has 268 valence electrons. The lowest BCUT2D eigenvalue weighted by Crippen LogP contribution is -2.10. The van der Waals surface area contributed by atoms with E-state index in [4.69, 9.17) is 18.8 Å². The molecule has 0 spiro atoms. The molecule has 0 saturated heterocycles. The molecule has 0 bridgehead atoms. The van der Waals surface area contributed by atoms with Gasteiger partial charge in [-0.25, -0.2) is 0 Å². The van der Waals surface area contributed by atoms with E-state index < -0.39 is 0 Å². The first-order chi connectivity index (χ1) is 28.2. The summed E-state index contributed by atoms with van der Waals surface area (Å²) in [4.78, 5) is 12.1. The molecule has 0 radical (unpaired) electrons. The molecule has 5 nitrogen and oxygen atoms in total. The summed E-state index contributed by atoms with van der Waals surface area (Å²) >= 11 is 0. The van der Waals surface area contributed by atoms with Gasteiger partial charge in [0.25, 0.3) is 0 Å². The van der Waals surface area contributed by atoms with Crippen molar-refractivity contribution in [2.24, 2.45) is 0 Å². The maximum Gasteiger partial charge on any atom is 0.153 e. The minimum atomic E-state index is 0.769. The quantitative estimate of drug-likeness (QED) is 0.163. The van der Waals surface area contributed by atoms with Crippen LogP contribution in [0.5, 0.6) is 0 Å². The highest BCUT2D eigenvalue weighted by Crippen LogP contribution is 2.40. The number of pyridine rings is 2. The predicted octanol–water partition coefficient (Wildman–Crippen LogP) is 14.4. The van der Waals surface area contributed by atoms with Crippen molar-refractivity contribution >= 4 is 60.9 Å². The largest absolute Gasteiger partial charge is 0.454 e. The Morgan fingerprint density at radius 3 is 1.19 bits per heavy atom. The number of fused-ring (bicyclic) bond motifs is 6. The number of furan rings is 2. The normalized spacial score (nSPS) is 11.5. The predicted molar refractivity (Wildman–Crippen MR) is 233 cm³/mol. The monoisotopic (exact) mass is 731 g/mol. The van der Waals surface area contributed by atoms with Gasteiger partial charge in [-0.3, -0.25) is 9.97 Å². The van der Waals surface area contributed by atoms with Crippen LogP contribution in [0, 0.1) is 0 Å². The number of anilines is 3. The number of hydrogen-bond donors (Lipinski definition) is 0. The Bertz CT molecular complexity index is 3040. The van der Waals surface area contributed by atoms with Gasteiger partial charge in [0.15, 0.2) is 11.2 Å². The van der Waals surface area contributed by atoms with E-state index >= 15 is 0 Å². The number of nitrogens with zero attached hydrogens (tertiary/aromatic N) is 3. The van der Waals surface area contributed by atoms with Crippen molar-refractivity contribution in [1.82, 2.24) is 9.97 Å². The molecule has 0 saturated carbocycles. The van der Waals surface area contributed by atoms with Crippen LogP contribution < -0.4 is 4.90 Å². The molecule has 57 heavy (non-hydrogen) atoms.